The average Bonchev–Trinajstić information content (AvgIpc) is 3.29. The zero-order valence-electron chi connectivity index (χ0n) is 21.1. The van der Waals surface area contributed by atoms with Crippen LogP contribution < -0.4 is 0 Å². The second kappa shape index (κ2) is 10.8. The number of hydrogen-bond donors (Lipinski definition) is 1. The number of nitrogens with zero attached hydrogens (tertiary/aromatic N) is 3. The van der Waals surface area contributed by atoms with E-state index in [1.807, 2.05) is 61.6 Å². The van der Waals surface area contributed by atoms with Crippen LogP contribution in [0.4, 0.5) is 0 Å². The fraction of sp³-hybridized carbons (Fsp3) is 0.0909. The Morgan fingerprint density at radius 3 is 2.26 bits per heavy atom. The van der Waals surface area contributed by atoms with E-state index in [0.717, 1.165) is 39.2 Å². The van der Waals surface area contributed by atoms with Gasteiger partial charge < -0.3 is 9.67 Å². The molecule has 0 saturated heterocycles. The maximum absolute atomic E-state index is 10.6. The molecule has 2 aromatic heterocycles. The van der Waals surface area contributed by atoms with Crippen molar-refractivity contribution in [1.29, 1.82) is 0 Å². The fourth-order valence-corrected chi connectivity index (χ4v) is 4.90. The van der Waals surface area contributed by atoms with Crippen LogP contribution in [0.1, 0.15) is 24.0 Å². The number of phenolic OH excluding ortho intramolecular Hbond substituents is 1. The van der Waals surface area contributed by atoms with Gasteiger partial charge in [0.2, 0.25) is 0 Å². The molecule has 1 unspecified atom stereocenters. The van der Waals surface area contributed by atoms with Gasteiger partial charge in [-0.1, -0.05) is 78.7 Å². The third-order valence-electron chi connectivity index (χ3n) is 6.98. The Labute approximate surface area is 236 Å². The maximum Gasteiger partial charge on any atom is 0.143 e. The van der Waals surface area contributed by atoms with E-state index >= 15 is 0 Å². The summed E-state index contributed by atoms with van der Waals surface area (Å²) in [5, 5.41) is 10.6. The molecule has 0 fully saturated rings. The van der Waals surface area contributed by atoms with Crippen molar-refractivity contribution in [3.8, 4) is 39.5 Å². The Hall–Kier alpha value is -4.01. The van der Waals surface area contributed by atoms with Crippen molar-refractivity contribution in [2.24, 2.45) is 7.05 Å². The van der Waals surface area contributed by atoms with Gasteiger partial charge in [-0.15, -0.1) is 29.8 Å². The Morgan fingerprint density at radius 1 is 0.763 bits per heavy atom. The Balaban J connectivity index is 0.00000294. The molecule has 0 aliphatic carbocycles. The van der Waals surface area contributed by atoms with E-state index in [2.05, 4.69) is 65.0 Å². The van der Waals surface area contributed by atoms with E-state index in [4.69, 9.17) is 4.98 Å². The Kier molecular flexibility index (Phi) is 7.26. The zero-order chi connectivity index (χ0) is 25.4. The number of phenols is 1. The molecule has 190 valence electrons. The fourth-order valence-electron chi connectivity index (χ4n) is 4.90. The van der Waals surface area contributed by atoms with Gasteiger partial charge in [-0.05, 0) is 35.4 Å². The molecule has 4 nitrogen and oxygen atoms in total. The number of aryl methyl sites for hydroxylation is 1. The molecule has 6 aromatic rings. The third kappa shape index (κ3) is 4.68. The quantitative estimate of drug-likeness (QED) is 0.191. The second-order valence-electron chi connectivity index (χ2n) is 9.27. The van der Waals surface area contributed by atoms with Gasteiger partial charge in [0.1, 0.15) is 11.6 Å². The molecule has 0 amide bonds. The average molecular weight is 676 g/mol. The van der Waals surface area contributed by atoms with E-state index in [1.165, 1.54) is 11.1 Å². The summed E-state index contributed by atoms with van der Waals surface area (Å²) >= 11 is 0. The molecule has 0 saturated carbocycles. The number of imidazole rings is 1. The maximum atomic E-state index is 10.6. The molecule has 0 aliphatic rings. The molecule has 6 rings (SSSR count). The summed E-state index contributed by atoms with van der Waals surface area (Å²) in [6, 6.07) is 38.0. The Morgan fingerprint density at radius 2 is 1.50 bits per heavy atom. The number of aromatic hydroxyl groups is 1. The predicted molar refractivity (Wildman–Crippen MR) is 149 cm³/mol. The summed E-state index contributed by atoms with van der Waals surface area (Å²) in [6.45, 7) is 2.23. The van der Waals surface area contributed by atoms with Crippen molar-refractivity contribution in [3.63, 3.8) is 0 Å². The molecule has 4 aromatic carbocycles. The van der Waals surface area contributed by atoms with E-state index < -0.39 is 0 Å². The van der Waals surface area contributed by atoms with Crippen LogP contribution in [0.2, 0.25) is 0 Å². The third-order valence-corrected chi connectivity index (χ3v) is 6.98. The van der Waals surface area contributed by atoms with Gasteiger partial charge in [0.15, 0.2) is 0 Å². The van der Waals surface area contributed by atoms with Crippen LogP contribution in [0.25, 0.3) is 44.8 Å². The SMILES string of the molecule is CC(c1ccccc1)c1cc(-c2[c-]c(-c3ccccn3)ccc2)c2nc(-c3ccccc3O)n(C)c2c1.[Pt]. The summed E-state index contributed by atoms with van der Waals surface area (Å²) in [6.07, 6.45) is 1.80. The van der Waals surface area contributed by atoms with Gasteiger partial charge in [0.25, 0.3) is 0 Å². The largest absolute Gasteiger partial charge is 0.507 e. The molecule has 5 heteroatoms. The van der Waals surface area contributed by atoms with Gasteiger partial charge in [-0.25, -0.2) is 4.98 Å². The Bertz CT molecular complexity index is 1710. The molecule has 38 heavy (non-hydrogen) atoms. The van der Waals surface area contributed by atoms with Crippen LogP contribution in [-0.2, 0) is 28.1 Å². The van der Waals surface area contributed by atoms with Crippen LogP contribution >= 0.6 is 0 Å². The van der Waals surface area contributed by atoms with E-state index in [9.17, 15) is 5.11 Å². The molecule has 1 atom stereocenters. The molecule has 0 aliphatic heterocycles. The number of para-hydroxylation sites is 1. The summed E-state index contributed by atoms with van der Waals surface area (Å²) in [5.41, 5.74) is 8.80. The van der Waals surface area contributed by atoms with Crippen LogP contribution in [0.5, 0.6) is 5.75 Å². The smallest absolute Gasteiger partial charge is 0.143 e. The normalized spacial score (nSPS) is 11.7. The van der Waals surface area contributed by atoms with Gasteiger partial charge in [0.05, 0.1) is 16.6 Å². The van der Waals surface area contributed by atoms with Crippen LogP contribution in [-0.4, -0.2) is 19.6 Å². The van der Waals surface area contributed by atoms with Crippen molar-refractivity contribution >= 4 is 11.0 Å². The van der Waals surface area contributed by atoms with Gasteiger partial charge in [0, 0.05) is 45.9 Å². The molecule has 0 bridgehead atoms. The van der Waals surface area contributed by atoms with E-state index in [-0.39, 0.29) is 32.7 Å². The van der Waals surface area contributed by atoms with Gasteiger partial charge in [-0.2, -0.15) is 0 Å². The minimum absolute atomic E-state index is 0. The summed E-state index contributed by atoms with van der Waals surface area (Å²) < 4.78 is 2.07. The van der Waals surface area contributed by atoms with E-state index in [1.54, 1.807) is 12.3 Å². The zero-order valence-corrected chi connectivity index (χ0v) is 23.3. The number of fused-ring (bicyclic) bond motifs is 1. The van der Waals surface area contributed by atoms with Crippen molar-refractivity contribution in [1.82, 2.24) is 14.5 Å². The molecule has 1 N–H and O–H groups in total. The molecular formula is C33H26N3OPt-. The predicted octanol–water partition coefficient (Wildman–Crippen LogP) is 7.62. The van der Waals surface area contributed by atoms with Crippen molar-refractivity contribution in [2.45, 2.75) is 12.8 Å². The number of aromatic nitrogens is 3. The van der Waals surface area contributed by atoms with Gasteiger partial charge >= 0.3 is 0 Å². The van der Waals surface area contributed by atoms with Crippen molar-refractivity contribution in [2.75, 3.05) is 0 Å². The first kappa shape index (κ1) is 25.6. The van der Waals surface area contributed by atoms with Crippen LogP contribution in [0.15, 0.2) is 109 Å². The van der Waals surface area contributed by atoms with Gasteiger partial charge in [-0.3, -0.25) is 4.98 Å². The van der Waals surface area contributed by atoms with Crippen LogP contribution in [0.3, 0.4) is 0 Å². The standard InChI is InChI=1S/C33H26N3O.Pt/c1-22(23-11-4-3-5-12-23)26-20-28(24-13-10-14-25(19-24)29-16-8-9-18-34-29)32-30(21-26)36(2)33(35-32)27-15-6-7-17-31(27)37;/h3-18,20-22,37H,1-2H3;/q-1;. The molecular weight excluding hydrogens is 649 g/mol. The van der Waals surface area contributed by atoms with Crippen LogP contribution in [0, 0.1) is 6.07 Å². The number of benzene rings is 4. The summed E-state index contributed by atoms with van der Waals surface area (Å²) in [7, 11) is 2.01. The molecule has 2 heterocycles. The first-order valence-electron chi connectivity index (χ1n) is 12.4. The number of rotatable bonds is 5. The molecule has 0 spiro atoms. The monoisotopic (exact) mass is 675 g/mol. The summed E-state index contributed by atoms with van der Waals surface area (Å²) in [4.78, 5) is 9.58. The second-order valence-corrected chi connectivity index (χ2v) is 9.27. The topological polar surface area (TPSA) is 50.9 Å². The minimum Gasteiger partial charge on any atom is -0.507 e. The van der Waals surface area contributed by atoms with E-state index in [0.29, 0.717) is 5.56 Å². The molecule has 0 radical (unpaired) electrons. The number of hydrogen-bond acceptors (Lipinski definition) is 3. The summed E-state index contributed by atoms with van der Waals surface area (Å²) in [5.74, 6) is 1.12. The van der Waals surface area contributed by atoms with Crippen molar-refractivity contribution in [3.05, 3.63) is 127 Å². The van der Waals surface area contributed by atoms with Crippen molar-refractivity contribution < 1.29 is 26.2 Å². The minimum atomic E-state index is 0. The first-order chi connectivity index (χ1) is 18.1. The first-order valence-corrected chi connectivity index (χ1v) is 12.4. The number of pyridine rings is 1.